The van der Waals surface area contributed by atoms with Crippen LogP contribution in [0.25, 0.3) is 10.9 Å². The van der Waals surface area contributed by atoms with E-state index in [0.717, 1.165) is 28.3 Å². The lowest BCUT2D eigenvalue weighted by Crippen LogP contribution is -1.93. The highest BCUT2D eigenvalue weighted by Gasteiger charge is 2.08. The van der Waals surface area contributed by atoms with Gasteiger partial charge in [0.05, 0.1) is 5.52 Å². The fourth-order valence-electron chi connectivity index (χ4n) is 2.08. The standard InChI is InChI=1S/C12H13NO/c1-8-6-9(2)12-10(11(8)7-14)4-5-13(12)3/h4-7H,1-3H3. The molecule has 0 N–H and O–H groups in total. The molecule has 14 heavy (non-hydrogen) atoms. The third kappa shape index (κ3) is 1.07. The number of rotatable bonds is 1. The van der Waals surface area contributed by atoms with E-state index >= 15 is 0 Å². The molecule has 0 aliphatic heterocycles. The molecule has 0 aliphatic carbocycles. The highest BCUT2D eigenvalue weighted by molar-refractivity contribution is 5.99. The molecule has 0 fully saturated rings. The second kappa shape index (κ2) is 2.98. The Kier molecular flexibility index (Phi) is 1.92. The van der Waals surface area contributed by atoms with Crippen molar-refractivity contribution >= 4 is 17.2 Å². The number of aromatic nitrogens is 1. The van der Waals surface area contributed by atoms with Crippen molar-refractivity contribution in [3.05, 3.63) is 35.0 Å². The van der Waals surface area contributed by atoms with Crippen molar-refractivity contribution in [3.63, 3.8) is 0 Å². The highest BCUT2D eigenvalue weighted by atomic mass is 16.1. The number of aryl methyl sites for hydroxylation is 3. The van der Waals surface area contributed by atoms with Gasteiger partial charge in [-0.2, -0.15) is 0 Å². The Balaban J connectivity index is 2.99. The molecule has 0 saturated carbocycles. The molecule has 0 amide bonds. The summed E-state index contributed by atoms with van der Waals surface area (Å²) in [6.07, 6.45) is 2.93. The SMILES string of the molecule is Cc1cc(C)c2c(ccn2C)c1C=O. The lowest BCUT2D eigenvalue weighted by atomic mass is 10.0. The molecule has 0 bridgehead atoms. The molecular formula is C12H13NO. The van der Waals surface area contributed by atoms with E-state index in [-0.39, 0.29) is 0 Å². The van der Waals surface area contributed by atoms with Crippen molar-refractivity contribution < 1.29 is 4.79 Å². The van der Waals surface area contributed by atoms with Crippen molar-refractivity contribution in [2.75, 3.05) is 0 Å². The third-order valence-electron chi connectivity index (χ3n) is 2.71. The number of carbonyl (C=O) groups excluding carboxylic acids is 1. The van der Waals surface area contributed by atoms with Crippen molar-refractivity contribution in [2.45, 2.75) is 13.8 Å². The molecule has 1 aromatic heterocycles. The molecule has 0 radical (unpaired) electrons. The van der Waals surface area contributed by atoms with Crippen LogP contribution in [0.1, 0.15) is 21.5 Å². The second-order valence-electron chi connectivity index (χ2n) is 3.73. The van der Waals surface area contributed by atoms with Gasteiger partial charge in [-0.1, -0.05) is 6.07 Å². The van der Waals surface area contributed by atoms with Crippen molar-refractivity contribution in [1.82, 2.24) is 4.57 Å². The molecule has 0 aliphatic rings. The maximum atomic E-state index is 11.0. The van der Waals surface area contributed by atoms with Crippen LogP contribution in [0.4, 0.5) is 0 Å². The van der Waals surface area contributed by atoms with Gasteiger partial charge >= 0.3 is 0 Å². The first kappa shape index (κ1) is 9.00. The number of carbonyl (C=O) groups is 1. The molecule has 2 nitrogen and oxygen atoms in total. The van der Waals surface area contributed by atoms with E-state index in [2.05, 4.69) is 17.6 Å². The second-order valence-corrected chi connectivity index (χ2v) is 3.73. The largest absolute Gasteiger partial charge is 0.350 e. The molecule has 0 atom stereocenters. The summed E-state index contributed by atoms with van der Waals surface area (Å²) in [5, 5.41) is 1.06. The molecule has 2 rings (SSSR count). The third-order valence-corrected chi connectivity index (χ3v) is 2.71. The smallest absolute Gasteiger partial charge is 0.150 e. The van der Waals surface area contributed by atoms with Gasteiger partial charge in [0, 0.05) is 24.2 Å². The van der Waals surface area contributed by atoms with Crippen LogP contribution in [-0.2, 0) is 7.05 Å². The predicted octanol–water partition coefficient (Wildman–Crippen LogP) is 2.61. The Hall–Kier alpha value is -1.57. The summed E-state index contributed by atoms with van der Waals surface area (Å²) in [7, 11) is 2.00. The van der Waals surface area contributed by atoms with Gasteiger partial charge < -0.3 is 4.57 Å². The number of fused-ring (bicyclic) bond motifs is 1. The van der Waals surface area contributed by atoms with Crippen LogP contribution >= 0.6 is 0 Å². The topological polar surface area (TPSA) is 22.0 Å². The maximum Gasteiger partial charge on any atom is 0.150 e. The van der Waals surface area contributed by atoms with Crippen molar-refractivity contribution in [1.29, 1.82) is 0 Å². The van der Waals surface area contributed by atoms with E-state index in [4.69, 9.17) is 0 Å². The van der Waals surface area contributed by atoms with E-state index in [1.165, 1.54) is 5.56 Å². The average Bonchev–Trinajstić information content (AvgIpc) is 2.49. The van der Waals surface area contributed by atoms with Gasteiger partial charge in [0.25, 0.3) is 0 Å². The average molecular weight is 187 g/mol. The van der Waals surface area contributed by atoms with E-state index < -0.39 is 0 Å². The first-order chi connectivity index (χ1) is 6.65. The van der Waals surface area contributed by atoms with Gasteiger partial charge in [0.1, 0.15) is 0 Å². The molecule has 0 saturated heterocycles. The number of hydrogen-bond donors (Lipinski definition) is 0. The van der Waals surface area contributed by atoms with Crippen LogP contribution < -0.4 is 0 Å². The summed E-state index contributed by atoms with van der Waals surface area (Å²) in [4.78, 5) is 11.0. The fraction of sp³-hybridized carbons (Fsp3) is 0.250. The van der Waals surface area contributed by atoms with Crippen LogP contribution in [-0.4, -0.2) is 10.9 Å². The van der Waals surface area contributed by atoms with E-state index in [9.17, 15) is 4.79 Å². The van der Waals surface area contributed by atoms with Gasteiger partial charge in [-0.25, -0.2) is 0 Å². The number of nitrogens with zero attached hydrogens (tertiary/aromatic N) is 1. The molecule has 0 spiro atoms. The van der Waals surface area contributed by atoms with E-state index in [1.54, 1.807) is 0 Å². The predicted molar refractivity (Wildman–Crippen MR) is 57.8 cm³/mol. The summed E-state index contributed by atoms with van der Waals surface area (Å²) in [5.74, 6) is 0. The van der Waals surface area contributed by atoms with Gasteiger partial charge in [-0.3, -0.25) is 4.79 Å². The fourth-order valence-corrected chi connectivity index (χ4v) is 2.08. The van der Waals surface area contributed by atoms with Crippen molar-refractivity contribution in [3.8, 4) is 0 Å². The molecule has 0 unspecified atom stereocenters. The van der Waals surface area contributed by atoms with Gasteiger partial charge in [0.2, 0.25) is 0 Å². The van der Waals surface area contributed by atoms with Crippen LogP contribution in [0.15, 0.2) is 18.3 Å². The van der Waals surface area contributed by atoms with Gasteiger partial charge in [0.15, 0.2) is 6.29 Å². The first-order valence-corrected chi connectivity index (χ1v) is 4.65. The Morgan fingerprint density at radius 3 is 2.64 bits per heavy atom. The molecule has 2 aromatic rings. The minimum absolute atomic E-state index is 0.811. The van der Waals surface area contributed by atoms with E-state index in [1.807, 2.05) is 26.2 Å². The van der Waals surface area contributed by atoms with E-state index in [0.29, 0.717) is 0 Å². The maximum absolute atomic E-state index is 11.0. The lowest BCUT2D eigenvalue weighted by Gasteiger charge is -2.06. The number of hydrogen-bond acceptors (Lipinski definition) is 1. The lowest BCUT2D eigenvalue weighted by molar-refractivity contribution is 0.112. The summed E-state index contributed by atoms with van der Waals surface area (Å²) in [6.45, 7) is 4.05. The van der Waals surface area contributed by atoms with Crippen LogP contribution in [0.3, 0.4) is 0 Å². The monoisotopic (exact) mass is 187 g/mol. The zero-order chi connectivity index (χ0) is 10.3. The highest BCUT2D eigenvalue weighted by Crippen LogP contribution is 2.24. The minimum atomic E-state index is 0.811. The van der Waals surface area contributed by atoms with Crippen LogP contribution in [0.5, 0.6) is 0 Å². The molecule has 72 valence electrons. The molecule has 1 heterocycles. The number of benzene rings is 1. The van der Waals surface area contributed by atoms with Crippen LogP contribution in [0.2, 0.25) is 0 Å². The molecule has 1 aromatic carbocycles. The summed E-state index contributed by atoms with van der Waals surface area (Å²) in [6, 6.07) is 4.06. The summed E-state index contributed by atoms with van der Waals surface area (Å²) < 4.78 is 2.05. The summed E-state index contributed by atoms with van der Waals surface area (Å²) in [5.41, 5.74) is 4.23. The molecular weight excluding hydrogens is 174 g/mol. The Labute approximate surface area is 83.2 Å². The minimum Gasteiger partial charge on any atom is -0.350 e. The quantitative estimate of drug-likeness (QED) is 0.629. The van der Waals surface area contributed by atoms with Crippen molar-refractivity contribution in [2.24, 2.45) is 7.05 Å². The Morgan fingerprint density at radius 1 is 1.29 bits per heavy atom. The zero-order valence-corrected chi connectivity index (χ0v) is 8.66. The first-order valence-electron chi connectivity index (χ1n) is 4.65. The van der Waals surface area contributed by atoms with Gasteiger partial charge in [-0.15, -0.1) is 0 Å². The van der Waals surface area contributed by atoms with Gasteiger partial charge in [-0.05, 0) is 31.0 Å². The van der Waals surface area contributed by atoms with Crippen LogP contribution in [0, 0.1) is 13.8 Å². The summed E-state index contributed by atoms with van der Waals surface area (Å²) >= 11 is 0. The Morgan fingerprint density at radius 2 is 2.00 bits per heavy atom. The Bertz CT molecular complexity index is 509. The normalized spacial score (nSPS) is 10.8. The molecule has 2 heteroatoms. The zero-order valence-electron chi connectivity index (χ0n) is 8.66. The number of aldehydes is 1.